The van der Waals surface area contributed by atoms with Crippen molar-refractivity contribution in [3.8, 4) is 0 Å². The molecule has 14 heavy (non-hydrogen) atoms. The predicted molar refractivity (Wildman–Crippen MR) is 60.0 cm³/mol. The van der Waals surface area contributed by atoms with Crippen LogP contribution in [0.5, 0.6) is 0 Å². The van der Waals surface area contributed by atoms with Crippen LogP contribution in [-0.4, -0.2) is 19.9 Å². The van der Waals surface area contributed by atoms with Gasteiger partial charge >= 0.3 is 0 Å². The molecule has 1 rings (SSSR count). The van der Waals surface area contributed by atoms with Crippen molar-refractivity contribution in [3.63, 3.8) is 0 Å². The highest BCUT2D eigenvalue weighted by molar-refractivity contribution is 6.06. The summed E-state index contributed by atoms with van der Waals surface area (Å²) in [5.74, 6) is -0.0220. The van der Waals surface area contributed by atoms with Gasteiger partial charge in [-0.25, -0.2) is 0 Å². The second kappa shape index (κ2) is 4.09. The SMILES string of the molecule is C=CC(=O)c1cccc(N(C)C)c1C. The Morgan fingerprint density at radius 1 is 1.43 bits per heavy atom. The Hall–Kier alpha value is -1.57. The molecule has 0 radical (unpaired) electrons. The summed E-state index contributed by atoms with van der Waals surface area (Å²) in [6.45, 7) is 5.44. The number of benzene rings is 1. The Morgan fingerprint density at radius 2 is 2.07 bits per heavy atom. The minimum absolute atomic E-state index is 0.0220. The van der Waals surface area contributed by atoms with Crippen molar-refractivity contribution in [2.24, 2.45) is 0 Å². The third-order valence-corrected chi connectivity index (χ3v) is 2.24. The zero-order valence-electron chi connectivity index (χ0n) is 8.87. The van der Waals surface area contributed by atoms with Crippen molar-refractivity contribution in [1.82, 2.24) is 0 Å². The molecule has 0 heterocycles. The molecule has 0 N–H and O–H groups in total. The molecule has 1 aromatic carbocycles. The predicted octanol–water partition coefficient (Wildman–Crippen LogP) is 2.43. The van der Waals surface area contributed by atoms with Gasteiger partial charge in [0, 0.05) is 25.3 Å². The van der Waals surface area contributed by atoms with Crippen LogP contribution in [0.25, 0.3) is 0 Å². The number of hydrogen-bond donors (Lipinski definition) is 0. The van der Waals surface area contributed by atoms with Crippen molar-refractivity contribution in [2.45, 2.75) is 6.92 Å². The highest BCUT2D eigenvalue weighted by atomic mass is 16.1. The Morgan fingerprint density at radius 3 is 2.57 bits per heavy atom. The fraction of sp³-hybridized carbons (Fsp3) is 0.250. The van der Waals surface area contributed by atoms with E-state index in [9.17, 15) is 4.79 Å². The molecule has 1 aromatic rings. The molecule has 0 amide bonds. The monoisotopic (exact) mass is 189 g/mol. The van der Waals surface area contributed by atoms with Gasteiger partial charge in [0.2, 0.25) is 0 Å². The fourth-order valence-electron chi connectivity index (χ4n) is 1.48. The largest absolute Gasteiger partial charge is 0.377 e. The minimum Gasteiger partial charge on any atom is -0.377 e. The van der Waals surface area contributed by atoms with E-state index in [0.717, 1.165) is 16.8 Å². The van der Waals surface area contributed by atoms with Crippen LogP contribution in [0.3, 0.4) is 0 Å². The maximum atomic E-state index is 11.5. The van der Waals surface area contributed by atoms with Crippen LogP contribution in [0, 0.1) is 6.92 Å². The van der Waals surface area contributed by atoms with Crippen molar-refractivity contribution in [2.75, 3.05) is 19.0 Å². The van der Waals surface area contributed by atoms with Gasteiger partial charge in [-0.3, -0.25) is 4.79 Å². The molecular weight excluding hydrogens is 174 g/mol. The van der Waals surface area contributed by atoms with Gasteiger partial charge in [0.1, 0.15) is 0 Å². The van der Waals surface area contributed by atoms with Gasteiger partial charge in [0.25, 0.3) is 0 Å². The van der Waals surface area contributed by atoms with E-state index < -0.39 is 0 Å². The summed E-state index contributed by atoms with van der Waals surface area (Å²) in [6.07, 6.45) is 1.35. The van der Waals surface area contributed by atoms with Crippen molar-refractivity contribution in [1.29, 1.82) is 0 Å². The summed E-state index contributed by atoms with van der Waals surface area (Å²) < 4.78 is 0. The molecular formula is C12H15NO. The van der Waals surface area contributed by atoms with Gasteiger partial charge in [0.15, 0.2) is 5.78 Å². The number of anilines is 1. The third-order valence-electron chi connectivity index (χ3n) is 2.24. The average molecular weight is 189 g/mol. The van der Waals surface area contributed by atoms with Gasteiger partial charge in [-0.2, -0.15) is 0 Å². The summed E-state index contributed by atoms with van der Waals surface area (Å²) >= 11 is 0. The van der Waals surface area contributed by atoms with Crippen molar-refractivity contribution < 1.29 is 4.79 Å². The molecule has 2 nitrogen and oxygen atoms in total. The quantitative estimate of drug-likeness (QED) is 0.537. The smallest absolute Gasteiger partial charge is 0.185 e. The normalized spacial score (nSPS) is 9.64. The van der Waals surface area contributed by atoms with Crippen LogP contribution >= 0.6 is 0 Å². The van der Waals surface area contributed by atoms with Crippen molar-refractivity contribution in [3.05, 3.63) is 42.0 Å². The van der Waals surface area contributed by atoms with Gasteiger partial charge in [0.05, 0.1) is 0 Å². The van der Waals surface area contributed by atoms with E-state index in [1.54, 1.807) is 0 Å². The van der Waals surface area contributed by atoms with Gasteiger partial charge in [-0.05, 0) is 24.6 Å². The fourth-order valence-corrected chi connectivity index (χ4v) is 1.48. The molecule has 0 spiro atoms. The maximum Gasteiger partial charge on any atom is 0.185 e. The summed E-state index contributed by atoms with van der Waals surface area (Å²) in [4.78, 5) is 13.5. The maximum absolute atomic E-state index is 11.5. The molecule has 0 aliphatic carbocycles. The van der Waals surface area contributed by atoms with E-state index in [1.807, 2.05) is 44.1 Å². The van der Waals surface area contributed by atoms with Gasteiger partial charge < -0.3 is 4.90 Å². The van der Waals surface area contributed by atoms with Crippen molar-refractivity contribution >= 4 is 11.5 Å². The molecule has 0 atom stereocenters. The van der Waals surface area contributed by atoms with E-state index in [2.05, 4.69) is 6.58 Å². The first-order chi connectivity index (χ1) is 6.57. The Labute approximate surface area is 84.9 Å². The highest BCUT2D eigenvalue weighted by Gasteiger charge is 2.09. The van der Waals surface area contributed by atoms with E-state index in [0.29, 0.717) is 0 Å². The van der Waals surface area contributed by atoms with Crippen LogP contribution in [0.15, 0.2) is 30.9 Å². The third kappa shape index (κ3) is 1.84. The van der Waals surface area contributed by atoms with Crippen LogP contribution < -0.4 is 4.90 Å². The average Bonchev–Trinajstić information content (AvgIpc) is 2.16. The first-order valence-corrected chi connectivity index (χ1v) is 4.51. The molecule has 74 valence electrons. The first-order valence-electron chi connectivity index (χ1n) is 4.51. The van der Waals surface area contributed by atoms with E-state index in [-0.39, 0.29) is 5.78 Å². The number of carbonyl (C=O) groups is 1. The van der Waals surface area contributed by atoms with E-state index in [4.69, 9.17) is 0 Å². The lowest BCUT2D eigenvalue weighted by Crippen LogP contribution is -2.12. The topological polar surface area (TPSA) is 20.3 Å². The van der Waals surface area contributed by atoms with Crippen LogP contribution in [0.4, 0.5) is 5.69 Å². The van der Waals surface area contributed by atoms with Crippen LogP contribution in [-0.2, 0) is 0 Å². The summed E-state index contributed by atoms with van der Waals surface area (Å²) in [5.41, 5.74) is 2.80. The molecule has 0 unspecified atom stereocenters. The van der Waals surface area contributed by atoms with E-state index in [1.165, 1.54) is 6.08 Å². The molecule has 0 saturated carbocycles. The number of carbonyl (C=O) groups excluding carboxylic acids is 1. The lowest BCUT2D eigenvalue weighted by Gasteiger charge is -2.17. The highest BCUT2D eigenvalue weighted by Crippen LogP contribution is 2.21. The van der Waals surface area contributed by atoms with Crippen LogP contribution in [0.1, 0.15) is 15.9 Å². The molecule has 2 heteroatoms. The molecule has 0 saturated heterocycles. The number of rotatable bonds is 3. The van der Waals surface area contributed by atoms with Crippen LogP contribution in [0.2, 0.25) is 0 Å². The molecule has 0 bridgehead atoms. The zero-order valence-corrected chi connectivity index (χ0v) is 8.87. The Kier molecular flexibility index (Phi) is 3.07. The zero-order chi connectivity index (χ0) is 10.7. The summed E-state index contributed by atoms with van der Waals surface area (Å²) in [6, 6.07) is 5.71. The van der Waals surface area contributed by atoms with Gasteiger partial charge in [-0.1, -0.05) is 18.7 Å². The summed E-state index contributed by atoms with van der Waals surface area (Å²) in [5, 5.41) is 0. The lowest BCUT2D eigenvalue weighted by molar-refractivity contribution is 0.104. The second-order valence-corrected chi connectivity index (χ2v) is 3.41. The Bertz CT molecular complexity index is 367. The number of hydrogen-bond acceptors (Lipinski definition) is 2. The molecule has 0 aromatic heterocycles. The van der Waals surface area contributed by atoms with E-state index >= 15 is 0 Å². The van der Waals surface area contributed by atoms with Gasteiger partial charge in [-0.15, -0.1) is 0 Å². The molecule has 0 aliphatic heterocycles. The Balaban J connectivity index is 3.27. The number of nitrogens with zero attached hydrogens (tertiary/aromatic N) is 1. The standard InChI is InChI=1S/C12H15NO/c1-5-12(14)10-7-6-8-11(9(10)2)13(3)4/h5-8H,1H2,2-4H3. The minimum atomic E-state index is -0.0220. The number of ketones is 1. The lowest BCUT2D eigenvalue weighted by atomic mass is 10.0. The summed E-state index contributed by atoms with van der Waals surface area (Å²) in [7, 11) is 3.93. The molecule has 0 fully saturated rings. The second-order valence-electron chi connectivity index (χ2n) is 3.41. The molecule has 0 aliphatic rings. The number of allylic oxidation sites excluding steroid dienone is 1. The first kappa shape index (κ1) is 10.5.